The molecule has 8 nitrogen and oxygen atoms in total. The first-order valence-electron chi connectivity index (χ1n) is 7.15. The van der Waals surface area contributed by atoms with Crippen LogP contribution in [0.25, 0.3) is 5.69 Å². The normalized spacial score (nSPS) is 13.3. The zero-order chi connectivity index (χ0) is 18.3. The number of nitrogens with two attached hydrogens (primary N) is 1. The van der Waals surface area contributed by atoms with Gasteiger partial charge in [0.15, 0.2) is 6.29 Å². The Hall–Kier alpha value is -2.49. The highest BCUT2D eigenvalue weighted by Crippen LogP contribution is 2.30. The topological polar surface area (TPSA) is 113 Å². The minimum atomic E-state index is -0.762. The van der Waals surface area contributed by atoms with Crippen molar-refractivity contribution in [2.45, 2.75) is 6.29 Å². The molecule has 1 aliphatic rings. The van der Waals surface area contributed by atoms with Crippen LogP contribution in [0.2, 0.25) is 0 Å². The molecule has 3 N–H and O–H groups in total. The number of nitrogens with one attached hydrogen (secondary N) is 1. The van der Waals surface area contributed by atoms with E-state index in [9.17, 15) is 14.4 Å². The third-order valence-electron chi connectivity index (χ3n) is 3.87. The zero-order valence-electron chi connectivity index (χ0n) is 13.3. The number of imide groups is 1. The molecule has 0 aliphatic carbocycles. The average molecular weight is 408 g/mol. The summed E-state index contributed by atoms with van der Waals surface area (Å²) in [4.78, 5) is 36.3. The van der Waals surface area contributed by atoms with E-state index in [1.54, 1.807) is 18.2 Å². The number of nitrogens with zero attached hydrogens (tertiary/aromatic N) is 1. The highest BCUT2D eigenvalue weighted by molar-refractivity contribution is 9.10. The van der Waals surface area contributed by atoms with Gasteiger partial charge in [-0.05, 0) is 18.2 Å². The molecule has 25 heavy (non-hydrogen) atoms. The van der Waals surface area contributed by atoms with E-state index >= 15 is 0 Å². The largest absolute Gasteiger partial charge is 0.384 e. The molecule has 0 saturated carbocycles. The van der Waals surface area contributed by atoms with Crippen molar-refractivity contribution in [1.29, 1.82) is 0 Å². The monoisotopic (exact) mass is 407 g/mol. The van der Waals surface area contributed by atoms with Crippen molar-refractivity contribution in [3.63, 3.8) is 0 Å². The summed E-state index contributed by atoms with van der Waals surface area (Å²) in [7, 11) is 2.92. The number of nitrogen functional groups attached to an aromatic ring is 1. The van der Waals surface area contributed by atoms with E-state index in [4.69, 9.17) is 15.2 Å². The third-order valence-corrected chi connectivity index (χ3v) is 4.36. The molecule has 1 aliphatic heterocycles. The van der Waals surface area contributed by atoms with Gasteiger partial charge in [0.05, 0.1) is 16.8 Å². The van der Waals surface area contributed by atoms with Crippen molar-refractivity contribution in [2.24, 2.45) is 0 Å². The van der Waals surface area contributed by atoms with Gasteiger partial charge in [-0.25, -0.2) is 0 Å². The number of halogens is 1. The number of fused-ring (bicyclic) bond motifs is 1. The molecule has 0 unspecified atom stereocenters. The second-order valence-electron chi connectivity index (χ2n) is 5.28. The minimum Gasteiger partial charge on any atom is -0.384 e. The Bertz CT molecular complexity index is 950. The van der Waals surface area contributed by atoms with Gasteiger partial charge in [-0.3, -0.25) is 24.3 Å². The first-order chi connectivity index (χ1) is 11.9. The van der Waals surface area contributed by atoms with Gasteiger partial charge < -0.3 is 15.2 Å². The molecule has 0 bridgehead atoms. The second kappa shape index (κ2) is 6.43. The van der Waals surface area contributed by atoms with E-state index in [1.165, 1.54) is 14.2 Å². The highest BCUT2D eigenvalue weighted by Gasteiger charge is 2.32. The maximum atomic E-state index is 12.6. The molecule has 0 atom stereocenters. The number of carbonyl (C=O) groups is 2. The van der Waals surface area contributed by atoms with Crippen molar-refractivity contribution in [3.8, 4) is 5.69 Å². The number of methoxy groups -OCH3 is 2. The Morgan fingerprint density at radius 1 is 1.12 bits per heavy atom. The van der Waals surface area contributed by atoms with Crippen molar-refractivity contribution in [2.75, 3.05) is 20.0 Å². The van der Waals surface area contributed by atoms with Crippen LogP contribution in [-0.2, 0) is 9.47 Å². The van der Waals surface area contributed by atoms with Crippen molar-refractivity contribution < 1.29 is 19.1 Å². The van der Waals surface area contributed by atoms with E-state index in [2.05, 4.69) is 21.2 Å². The molecule has 0 saturated heterocycles. The van der Waals surface area contributed by atoms with Crippen LogP contribution in [0.1, 0.15) is 32.6 Å². The van der Waals surface area contributed by atoms with E-state index in [-0.39, 0.29) is 16.9 Å². The Morgan fingerprint density at radius 3 is 2.44 bits per heavy atom. The summed E-state index contributed by atoms with van der Waals surface area (Å²) in [5.41, 5.74) is 6.38. The van der Waals surface area contributed by atoms with E-state index in [1.807, 2.05) is 0 Å². The smallest absolute Gasteiger partial charge is 0.262 e. The number of carbonyl (C=O) groups excluding carboxylic acids is 2. The van der Waals surface area contributed by atoms with Crippen molar-refractivity contribution in [3.05, 3.63) is 55.8 Å². The summed E-state index contributed by atoms with van der Waals surface area (Å²) < 4.78 is 12.5. The van der Waals surface area contributed by atoms with Crippen LogP contribution in [0.3, 0.4) is 0 Å². The predicted octanol–water partition coefficient (Wildman–Crippen LogP) is 1.36. The third kappa shape index (κ3) is 2.76. The lowest BCUT2D eigenvalue weighted by Gasteiger charge is -2.20. The maximum Gasteiger partial charge on any atom is 0.262 e. The second-order valence-corrected chi connectivity index (χ2v) is 6.20. The molecule has 2 aromatic rings. The number of pyridine rings is 1. The predicted molar refractivity (Wildman–Crippen MR) is 92.7 cm³/mol. The standard InChI is InChI=1S/C16H14BrN3O5/c1-24-16(25-2)8-5-7(17)3-4-10(8)20-11(21)6-9-12(13(20)18)15(23)19-14(9)22/h3-6,16H,18H2,1-2H3,(H,19,22,23). The number of anilines is 1. The van der Waals surface area contributed by atoms with E-state index in [0.29, 0.717) is 11.3 Å². The number of amides is 2. The Morgan fingerprint density at radius 2 is 1.80 bits per heavy atom. The van der Waals surface area contributed by atoms with Crippen LogP contribution in [0.15, 0.2) is 33.5 Å². The van der Waals surface area contributed by atoms with Crippen molar-refractivity contribution >= 4 is 33.6 Å². The van der Waals surface area contributed by atoms with Gasteiger partial charge in [0, 0.05) is 30.3 Å². The first kappa shape index (κ1) is 17.3. The molecule has 0 spiro atoms. The minimum absolute atomic E-state index is 0.0233. The lowest BCUT2D eigenvalue weighted by molar-refractivity contribution is -0.106. The van der Waals surface area contributed by atoms with Crippen LogP contribution >= 0.6 is 15.9 Å². The number of ether oxygens (including phenoxy) is 2. The Balaban J connectivity index is 2.32. The van der Waals surface area contributed by atoms with Gasteiger partial charge in [-0.2, -0.15) is 0 Å². The van der Waals surface area contributed by atoms with Crippen LogP contribution in [0, 0.1) is 0 Å². The van der Waals surface area contributed by atoms with Crippen LogP contribution in [0.4, 0.5) is 5.82 Å². The fourth-order valence-electron chi connectivity index (χ4n) is 2.80. The summed E-state index contributed by atoms with van der Waals surface area (Å²) >= 11 is 3.36. The van der Waals surface area contributed by atoms with E-state index < -0.39 is 23.7 Å². The molecule has 1 aromatic carbocycles. The van der Waals surface area contributed by atoms with Crippen LogP contribution in [-0.4, -0.2) is 30.6 Å². The van der Waals surface area contributed by atoms with Gasteiger partial charge in [0.2, 0.25) is 0 Å². The molecule has 9 heteroatoms. The van der Waals surface area contributed by atoms with Gasteiger partial charge in [0.25, 0.3) is 17.4 Å². The number of benzene rings is 1. The average Bonchev–Trinajstić information content (AvgIpc) is 2.84. The molecule has 3 rings (SSSR count). The lowest BCUT2D eigenvalue weighted by atomic mass is 10.1. The fraction of sp³-hybridized carbons (Fsp3) is 0.188. The molecule has 0 fully saturated rings. The molecule has 2 heterocycles. The SMILES string of the molecule is COC(OC)c1cc(Br)ccc1-n1c(N)c2c(cc1=O)C(=O)NC2=O. The summed E-state index contributed by atoms with van der Waals surface area (Å²) in [6.45, 7) is 0. The molecule has 130 valence electrons. The molecule has 2 amide bonds. The molecular weight excluding hydrogens is 394 g/mol. The van der Waals surface area contributed by atoms with Gasteiger partial charge in [-0.1, -0.05) is 15.9 Å². The molecular formula is C16H14BrN3O5. The first-order valence-corrected chi connectivity index (χ1v) is 7.95. The van der Waals surface area contributed by atoms with Crippen molar-refractivity contribution in [1.82, 2.24) is 9.88 Å². The summed E-state index contributed by atoms with van der Waals surface area (Å²) in [6.07, 6.45) is -0.762. The van der Waals surface area contributed by atoms with Crippen LogP contribution in [0.5, 0.6) is 0 Å². The molecule has 1 aromatic heterocycles. The maximum absolute atomic E-state index is 12.6. The van der Waals surface area contributed by atoms with Gasteiger partial charge in [0.1, 0.15) is 5.82 Å². The number of hydrogen-bond acceptors (Lipinski definition) is 6. The fourth-order valence-corrected chi connectivity index (χ4v) is 3.17. The summed E-state index contributed by atoms with van der Waals surface area (Å²) in [5, 5.41) is 2.13. The number of hydrogen-bond donors (Lipinski definition) is 2. The Labute approximate surface area is 150 Å². The van der Waals surface area contributed by atoms with Gasteiger partial charge >= 0.3 is 0 Å². The van der Waals surface area contributed by atoms with Gasteiger partial charge in [-0.15, -0.1) is 0 Å². The quantitative estimate of drug-likeness (QED) is 0.584. The number of rotatable bonds is 4. The lowest BCUT2D eigenvalue weighted by Crippen LogP contribution is -2.25. The zero-order valence-corrected chi connectivity index (χ0v) is 14.9. The molecule has 0 radical (unpaired) electrons. The summed E-state index contributed by atoms with van der Waals surface area (Å²) in [6, 6.07) is 6.17. The Kier molecular flexibility index (Phi) is 4.46. The number of aromatic nitrogens is 1. The highest BCUT2D eigenvalue weighted by atomic mass is 79.9. The van der Waals surface area contributed by atoms with E-state index in [0.717, 1.165) is 15.1 Å². The summed E-state index contributed by atoms with van der Waals surface area (Å²) in [5.74, 6) is -1.40. The van der Waals surface area contributed by atoms with Crippen LogP contribution < -0.4 is 16.6 Å².